The van der Waals surface area contributed by atoms with Gasteiger partial charge in [-0.25, -0.2) is 0 Å². The van der Waals surface area contributed by atoms with Gasteiger partial charge in [0.1, 0.15) is 0 Å². The average molecular weight is 407 g/mol. The fourth-order valence-corrected chi connectivity index (χ4v) is 4.90. The summed E-state index contributed by atoms with van der Waals surface area (Å²) >= 11 is 7.48. The molecule has 3 unspecified atom stereocenters. The third kappa shape index (κ3) is 4.66. The van der Waals surface area contributed by atoms with E-state index in [1.54, 1.807) is 0 Å². The van der Waals surface area contributed by atoms with Crippen molar-refractivity contribution in [1.29, 1.82) is 0 Å². The lowest BCUT2D eigenvalue weighted by atomic mass is 9.92. The van der Waals surface area contributed by atoms with E-state index >= 15 is 0 Å². The molecule has 1 aromatic carbocycles. The molecule has 1 saturated heterocycles. The monoisotopic (exact) mass is 406 g/mol. The molecule has 0 spiro atoms. The van der Waals surface area contributed by atoms with Crippen LogP contribution < -0.4 is 0 Å². The quantitative estimate of drug-likeness (QED) is 0.680. The van der Waals surface area contributed by atoms with E-state index in [0.717, 1.165) is 36.2 Å². The van der Waals surface area contributed by atoms with Gasteiger partial charge in [-0.3, -0.25) is 4.79 Å². The van der Waals surface area contributed by atoms with E-state index in [1.807, 2.05) is 36.1 Å². The second kappa shape index (κ2) is 8.65. The predicted octanol–water partition coefficient (Wildman–Crippen LogP) is 4.60. The number of hydrogen-bond acceptors (Lipinski definition) is 4. The molecule has 27 heavy (non-hydrogen) atoms. The second-order valence-electron chi connectivity index (χ2n) is 7.51. The van der Waals surface area contributed by atoms with Gasteiger partial charge in [-0.1, -0.05) is 37.2 Å². The Balaban J connectivity index is 1.75. The summed E-state index contributed by atoms with van der Waals surface area (Å²) in [6, 6.07) is 7.59. The van der Waals surface area contributed by atoms with Gasteiger partial charge in [0, 0.05) is 30.2 Å². The van der Waals surface area contributed by atoms with E-state index in [0.29, 0.717) is 16.9 Å². The van der Waals surface area contributed by atoms with E-state index in [1.165, 1.54) is 18.2 Å². The van der Waals surface area contributed by atoms with Crippen LogP contribution in [-0.4, -0.2) is 43.9 Å². The molecule has 1 aliphatic rings. The van der Waals surface area contributed by atoms with Crippen LogP contribution >= 0.6 is 23.4 Å². The number of halogens is 1. The first-order valence-electron chi connectivity index (χ1n) is 9.53. The van der Waals surface area contributed by atoms with Crippen LogP contribution in [0, 0.1) is 11.8 Å². The number of likely N-dealkylation sites (tertiary alicyclic amines) is 1. The first-order valence-corrected chi connectivity index (χ1v) is 10.8. The number of nitrogens with zero attached hydrogens (tertiary/aromatic N) is 4. The summed E-state index contributed by atoms with van der Waals surface area (Å²) in [5, 5.41) is 10.0. The minimum atomic E-state index is -0.185. The number of carbonyl (C=O) groups excluding carboxylic acids is 1. The third-order valence-electron chi connectivity index (χ3n) is 4.95. The maximum Gasteiger partial charge on any atom is 0.235 e. The smallest absolute Gasteiger partial charge is 0.235 e. The zero-order chi connectivity index (χ0) is 19.6. The van der Waals surface area contributed by atoms with Crippen LogP contribution in [0.5, 0.6) is 0 Å². The Morgan fingerprint density at radius 1 is 1.22 bits per heavy atom. The van der Waals surface area contributed by atoms with Gasteiger partial charge in [-0.05, 0) is 56.4 Å². The van der Waals surface area contributed by atoms with E-state index in [-0.39, 0.29) is 11.2 Å². The van der Waals surface area contributed by atoms with Crippen LogP contribution in [0.2, 0.25) is 5.02 Å². The van der Waals surface area contributed by atoms with Crippen molar-refractivity contribution < 1.29 is 4.79 Å². The van der Waals surface area contributed by atoms with Crippen molar-refractivity contribution in [2.45, 2.75) is 51.1 Å². The lowest BCUT2D eigenvalue weighted by Gasteiger charge is -2.36. The highest BCUT2D eigenvalue weighted by atomic mass is 35.5. The molecule has 1 amide bonds. The van der Waals surface area contributed by atoms with E-state index in [4.69, 9.17) is 11.6 Å². The Hall–Kier alpha value is -1.53. The molecule has 5 nitrogen and oxygen atoms in total. The molecule has 0 saturated carbocycles. The number of amides is 1. The molecular weight excluding hydrogens is 380 g/mol. The minimum absolute atomic E-state index is 0.185. The number of piperidine rings is 1. The largest absolute Gasteiger partial charge is 0.341 e. The molecule has 2 heterocycles. The van der Waals surface area contributed by atoms with Crippen LogP contribution in [0.15, 0.2) is 29.4 Å². The topological polar surface area (TPSA) is 51.0 Å². The summed E-state index contributed by atoms with van der Waals surface area (Å²) in [4.78, 5) is 15.0. The molecule has 0 aliphatic carbocycles. The number of aromatic nitrogens is 3. The summed E-state index contributed by atoms with van der Waals surface area (Å²) in [7, 11) is 0. The van der Waals surface area contributed by atoms with Crippen molar-refractivity contribution in [3.05, 3.63) is 29.3 Å². The standard InChI is InChI=1S/C20H27ClN4OS/c1-5-25-18(16-6-8-17(21)9-7-16)22-23-20(25)27-15(4)19(26)24-11-13(2)10-14(3)12-24/h6-9,13-15H,5,10-12H2,1-4H3. The fraction of sp³-hybridized carbons (Fsp3) is 0.550. The van der Waals surface area contributed by atoms with Crippen molar-refractivity contribution in [2.24, 2.45) is 11.8 Å². The van der Waals surface area contributed by atoms with Gasteiger partial charge < -0.3 is 9.47 Å². The number of carbonyl (C=O) groups is 1. The molecule has 1 aromatic heterocycles. The highest BCUT2D eigenvalue weighted by molar-refractivity contribution is 8.00. The van der Waals surface area contributed by atoms with Crippen LogP contribution in [0.3, 0.4) is 0 Å². The number of hydrogen-bond donors (Lipinski definition) is 0. The molecule has 3 atom stereocenters. The molecule has 2 aromatic rings. The van der Waals surface area contributed by atoms with E-state index in [9.17, 15) is 4.79 Å². The first kappa shape index (κ1) is 20.2. The fourth-order valence-electron chi connectivity index (χ4n) is 3.78. The van der Waals surface area contributed by atoms with Crippen molar-refractivity contribution in [1.82, 2.24) is 19.7 Å². The lowest BCUT2D eigenvalue weighted by Crippen LogP contribution is -2.45. The summed E-state index contributed by atoms with van der Waals surface area (Å²) in [5.74, 6) is 2.12. The van der Waals surface area contributed by atoms with Crippen molar-refractivity contribution in [2.75, 3.05) is 13.1 Å². The highest BCUT2D eigenvalue weighted by Crippen LogP contribution is 2.29. The molecule has 7 heteroatoms. The maximum atomic E-state index is 12.9. The van der Waals surface area contributed by atoms with E-state index < -0.39 is 0 Å². The molecule has 3 rings (SSSR count). The third-order valence-corrected chi connectivity index (χ3v) is 6.27. The van der Waals surface area contributed by atoms with Crippen LogP contribution in [-0.2, 0) is 11.3 Å². The maximum absolute atomic E-state index is 12.9. The zero-order valence-electron chi connectivity index (χ0n) is 16.4. The highest BCUT2D eigenvalue weighted by Gasteiger charge is 2.29. The summed E-state index contributed by atoms with van der Waals surface area (Å²) in [6.45, 7) is 10.9. The van der Waals surface area contributed by atoms with Crippen molar-refractivity contribution >= 4 is 29.3 Å². The minimum Gasteiger partial charge on any atom is -0.341 e. The molecule has 0 N–H and O–H groups in total. The van der Waals surface area contributed by atoms with Gasteiger partial charge in [0.2, 0.25) is 5.91 Å². The van der Waals surface area contributed by atoms with Gasteiger partial charge in [-0.15, -0.1) is 10.2 Å². The normalized spacial score (nSPS) is 21.3. The van der Waals surface area contributed by atoms with Gasteiger partial charge in [-0.2, -0.15) is 0 Å². The average Bonchev–Trinajstić information content (AvgIpc) is 3.03. The Labute approximate surface area is 170 Å². The van der Waals surface area contributed by atoms with Gasteiger partial charge >= 0.3 is 0 Å². The van der Waals surface area contributed by atoms with Gasteiger partial charge in [0.25, 0.3) is 0 Å². The van der Waals surface area contributed by atoms with Crippen molar-refractivity contribution in [3.63, 3.8) is 0 Å². The Kier molecular flexibility index (Phi) is 6.48. The molecule has 1 fully saturated rings. The summed E-state index contributed by atoms with van der Waals surface area (Å²) in [5.41, 5.74) is 0.971. The van der Waals surface area contributed by atoms with Gasteiger partial charge in [0.05, 0.1) is 5.25 Å². The number of thioether (sulfide) groups is 1. The number of rotatable bonds is 5. The lowest BCUT2D eigenvalue weighted by molar-refractivity contribution is -0.132. The Morgan fingerprint density at radius 2 is 1.85 bits per heavy atom. The molecule has 0 bridgehead atoms. The predicted molar refractivity (Wildman–Crippen MR) is 111 cm³/mol. The Morgan fingerprint density at radius 3 is 2.44 bits per heavy atom. The summed E-state index contributed by atoms with van der Waals surface area (Å²) < 4.78 is 2.05. The molecular formula is C20H27ClN4OS. The first-order chi connectivity index (χ1) is 12.9. The zero-order valence-corrected chi connectivity index (χ0v) is 17.9. The second-order valence-corrected chi connectivity index (χ2v) is 9.25. The van der Waals surface area contributed by atoms with Crippen molar-refractivity contribution in [3.8, 4) is 11.4 Å². The molecule has 146 valence electrons. The number of benzene rings is 1. The van der Waals surface area contributed by atoms with Crippen LogP contribution in [0.25, 0.3) is 11.4 Å². The Bertz CT molecular complexity index is 782. The van der Waals surface area contributed by atoms with Crippen LogP contribution in [0.4, 0.5) is 0 Å². The van der Waals surface area contributed by atoms with Gasteiger partial charge in [0.15, 0.2) is 11.0 Å². The molecule has 1 aliphatic heterocycles. The molecule has 0 radical (unpaired) electrons. The summed E-state index contributed by atoms with van der Waals surface area (Å²) in [6.07, 6.45) is 1.19. The SMILES string of the molecule is CCn1c(SC(C)C(=O)N2CC(C)CC(C)C2)nnc1-c1ccc(Cl)cc1. The van der Waals surface area contributed by atoms with E-state index in [2.05, 4.69) is 35.5 Å². The van der Waals surface area contributed by atoms with Crippen LogP contribution in [0.1, 0.15) is 34.1 Å².